The highest BCUT2D eigenvalue weighted by molar-refractivity contribution is 5.70. The van der Waals surface area contributed by atoms with Crippen LogP contribution >= 0.6 is 0 Å². The first-order valence-electron chi connectivity index (χ1n) is 6.36. The summed E-state index contributed by atoms with van der Waals surface area (Å²) >= 11 is 0. The van der Waals surface area contributed by atoms with Crippen LogP contribution in [0.1, 0.15) is 12.0 Å². The van der Waals surface area contributed by atoms with Crippen LogP contribution in [0.4, 0.5) is 0 Å². The average Bonchev–Trinajstić information content (AvgIpc) is 2.72. The second kappa shape index (κ2) is 6.01. The van der Waals surface area contributed by atoms with Gasteiger partial charge in [0.05, 0.1) is 0 Å². The maximum Gasteiger partial charge on any atom is -0.00882 e. The summed E-state index contributed by atoms with van der Waals surface area (Å²) in [4.78, 5) is 0. The molecule has 0 N–H and O–H groups in total. The maximum absolute atomic E-state index is 4.07. The molecule has 94 valence electrons. The Balaban J connectivity index is 2.30. The van der Waals surface area contributed by atoms with Gasteiger partial charge >= 0.3 is 0 Å². The Morgan fingerprint density at radius 2 is 1.79 bits per heavy atom. The van der Waals surface area contributed by atoms with Crippen LogP contribution in [-0.2, 0) is 0 Å². The smallest absolute Gasteiger partial charge is 0.00882 e. The molecule has 0 fully saturated rings. The second-order valence-electron chi connectivity index (χ2n) is 4.49. The minimum absolute atomic E-state index is 0.868. The summed E-state index contributed by atoms with van der Waals surface area (Å²) in [5.41, 5.74) is 5.46. The molecule has 0 heterocycles. The standard InChI is InChI=1S/C19H18/c1-4-15(2)16(3)17-11-8-12-19(14-13-17)18-9-6-5-7-10-18/h4-11,13-14H,1-3,12H2. The third kappa shape index (κ3) is 3.11. The van der Waals surface area contributed by atoms with Crippen molar-refractivity contribution in [3.8, 4) is 0 Å². The summed E-state index contributed by atoms with van der Waals surface area (Å²) in [6.45, 7) is 11.7. The zero-order valence-electron chi connectivity index (χ0n) is 11.1. The largest absolute Gasteiger partial charge is 0.0985 e. The van der Waals surface area contributed by atoms with Crippen molar-refractivity contribution in [2.75, 3.05) is 0 Å². The van der Waals surface area contributed by atoms with Crippen molar-refractivity contribution in [1.82, 2.24) is 0 Å². The van der Waals surface area contributed by atoms with Crippen molar-refractivity contribution in [2.24, 2.45) is 0 Å². The molecule has 0 unspecified atom stereocenters. The zero-order chi connectivity index (χ0) is 13.7. The lowest BCUT2D eigenvalue weighted by molar-refractivity contribution is 1.39. The Bertz CT molecular complexity index is 592. The van der Waals surface area contributed by atoms with Gasteiger partial charge in [0.25, 0.3) is 0 Å². The predicted molar refractivity (Wildman–Crippen MR) is 84.7 cm³/mol. The number of hydrogen-bond acceptors (Lipinski definition) is 0. The summed E-state index contributed by atoms with van der Waals surface area (Å²) in [5, 5.41) is 0. The van der Waals surface area contributed by atoms with E-state index < -0.39 is 0 Å². The monoisotopic (exact) mass is 246 g/mol. The summed E-state index contributed by atoms with van der Waals surface area (Å²) in [7, 11) is 0. The third-order valence-electron chi connectivity index (χ3n) is 3.23. The Hall–Kier alpha value is -2.34. The van der Waals surface area contributed by atoms with Gasteiger partial charge in [-0.05, 0) is 34.3 Å². The molecule has 1 aromatic rings. The molecule has 0 amide bonds. The molecule has 1 aliphatic carbocycles. The summed E-state index contributed by atoms with van der Waals surface area (Å²) in [6, 6.07) is 10.4. The van der Waals surface area contributed by atoms with Crippen LogP contribution in [0.3, 0.4) is 0 Å². The van der Waals surface area contributed by atoms with E-state index in [-0.39, 0.29) is 0 Å². The van der Waals surface area contributed by atoms with E-state index in [1.54, 1.807) is 6.08 Å². The molecule has 1 aromatic carbocycles. The first kappa shape index (κ1) is 13.1. The molecule has 0 saturated carbocycles. The van der Waals surface area contributed by atoms with Crippen LogP contribution in [0, 0.1) is 0 Å². The lowest BCUT2D eigenvalue weighted by atomic mass is 10.0. The van der Waals surface area contributed by atoms with Crippen LogP contribution in [-0.4, -0.2) is 0 Å². The second-order valence-corrected chi connectivity index (χ2v) is 4.49. The predicted octanol–water partition coefficient (Wildman–Crippen LogP) is 5.25. The molecule has 0 heteroatoms. The van der Waals surface area contributed by atoms with Gasteiger partial charge in [0.2, 0.25) is 0 Å². The van der Waals surface area contributed by atoms with E-state index in [2.05, 4.69) is 68.3 Å². The van der Waals surface area contributed by atoms with Gasteiger partial charge in [-0.25, -0.2) is 0 Å². The molecule has 0 radical (unpaired) electrons. The number of benzene rings is 1. The summed E-state index contributed by atoms with van der Waals surface area (Å²) in [5.74, 6) is 0. The summed E-state index contributed by atoms with van der Waals surface area (Å²) in [6.07, 6.45) is 11.2. The van der Waals surface area contributed by atoms with Gasteiger partial charge in [-0.2, -0.15) is 0 Å². The Morgan fingerprint density at radius 1 is 1.05 bits per heavy atom. The van der Waals surface area contributed by atoms with E-state index in [0.717, 1.165) is 23.1 Å². The van der Waals surface area contributed by atoms with Crippen molar-refractivity contribution in [3.05, 3.63) is 103 Å². The lowest BCUT2D eigenvalue weighted by Gasteiger charge is -2.04. The highest BCUT2D eigenvalue weighted by Crippen LogP contribution is 2.25. The molecule has 0 saturated heterocycles. The van der Waals surface area contributed by atoms with Crippen molar-refractivity contribution in [3.63, 3.8) is 0 Å². The van der Waals surface area contributed by atoms with Crippen molar-refractivity contribution in [1.29, 1.82) is 0 Å². The maximum atomic E-state index is 4.07. The molecule has 0 atom stereocenters. The van der Waals surface area contributed by atoms with Crippen LogP contribution in [0.2, 0.25) is 0 Å². The third-order valence-corrected chi connectivity index (χ3v) is 3.23. The molecule has 1 aliphatic rings. The molecule has 19 heavy (non-hydrogen) atoms. The SMILES string of the molecule is C=CC(=C)C(=C)C1=CC=C(c2ccccc2)CC=C1. The Morgan fingerprint density at radius 3 is 2.47 bits per heavy atom. The highest BCUT2D eigenvalue weighted by Gasteiger charge is 2.05. The number of hydrogen-bond donors (Lipinski definition) is 0. The molecule has 2 rings (SSSR count). The molecule has 0 nitrogen and oxygen atoms in total. The Labute approximate surface area is 115 Å². The van der Waals surface area contributed by atoms with E-state index in [4.69, 9.17) is 0 Å². The normalized spacial score (nSPS) is 14.1. The van der Waals surface area contributed by atoms with Crippen LogP contribution in [0.5, 0.6) is 0 Å². The van der Waals surface area contributed by atoms with Gasteiger partial charge in [-0.3, -0.25) is 0 Å². The minimum Gasteiger partial charge on any atom is -0.0985 e. The molecule has 0 aliphatic heterocycles. The van der Waals surface area contributed by atoms with Crippen molar-refractivity contribution < 1.29 is 0 Å². The van der Waals surface area contributed by atoms with Gasteiger partial charge < -0.3 is 0 Å². The minimum atomic E-state index is 0.868. The zero-order valence-corrected chi connectivity index (χ0v) is 11.1. The van der Waals surface area contributed by atoms with E-state index in [0.29, 0.717) is 0 Å². The van der Waals surface area contributed by atoms with E-state index >= 15 is 0 Å². The van der Waals surface area contributed by atoms with Crippen LogP contribution in [0.25, 0.3) is 5.57 Å². The van der Waals surface area contributed by atoms with Gasteiger partial charge in [-0.15, -0.1) is 0 Å². The molecular weight excluding hydrogens is 228 g/mol. The average molecular weight is 246 g/mol. The molecule has 0 bridgehead atoms. The van der Waals surface area contributed by atoms with Crippen LogP contribution < -0.4 is 0 Å². The van der Waals surface area contributed by atoms with Gasteiger partial charge in [0.15, 0.2) is 0 Å². The fraction of sp³-hybridized carbons (Fsp3) is 0.0526. The highest BCUT2D eigenvalue weighted by atomic mass is 14.1. The summed E-state index contributed by atoms with van der Waals surface area (Å²) < 4.78 is 0. The molecule has 0 aromatic heterocycles. The first-order valence-corrected chi connectivity index (χ1v) is 6.36. The fourth-order valence-electron chi connectivity index (χ4n) is 2.00. The topological polar surface area (TPSA) is 0 Å². The van der Waals surface area contributed by atoms with Gasteiger partial charge in [0, 0.05) is 0 Å². The number of allylic oxidation sites excluding steroid dienone is 9. The van der Waals surface area contributed by atoms with E-state index in [9.17, 15) is 0 Å². The number of rotatable bonds is 4. The van der Waals surface area contributed by atoms with Crippen molar-refractivity contribution in [2.45, 2.75) is 6.42 Å². The van der Waals surface area contributed by atoms with E-state index in [1.165, 1.54) is 11.1 Å². The van der Waals surface area contributed by atoms with E-state index in [1.807, 2.05) is 6.07 Å². The molecular formula is C19H18. The first-order chi connectivity index (χ1) is 9.22. The quantitative estimate of drug-likeness (QED) is 0.636. The molecule has 0 spiro atoms. The Kier molecular flexibility index (Phi) is 4.15. The van der Waals surface area contributed by atoms with Crippen LogP contribution in [0.15, 0.2) is 97.2 Å². The lowest BCUT2D eigenvalue weighted by Crippen LogP contribution is -1.85. The van der Waals surface area contributed by atoms with Gasteiger partial charge in [-0.1, -0.05) is 80.4 Å². The fourth-order valence-corrected chi connectivity index (χ4v) is 2.00. The van der Waals surface area contributed by atoms with Crippen molar-refractivity contribution >= 4 is 5.57 Å². The van der Waals surface area contributed by atoms with Gasteiger partial charge in [0.1, 0.15) is 0 Å².